The molecule has 94 valence electrons. The SMILES string of the molecule is Cc1c(CCC(=O)Nc2ccncc2)cnn1C. The number of pyridine rings is 1. The van der Waals surface area contributed by atoms with E-state index in [1.807, 2.05) is 24.9 Å². The van der Waals surface area contributed by atoms with E-state index in [1.54, 1.807) is 24.5 Å². The van der Waals surface area contributed by atoms with Gasteiger partial charge in [0.05, 0.1) is 6.20 Å². The van der Waals surface area contributed by atoms with Crippen LogP contribution in [0.4, 0.5) is 5.69 Å². The van der Waals surface area contributed by atoms with Gasteiger partial charge < -0.3 is 5.32 Å². The number of hydrogen-bond acceptors (Lipinski definition) is 3. The molecule has 2 aromatic rings. The Bertz CT molecular complexity index is 533. The number of nitrogens with zero attached hydrogens (tertiary/aromatic N) is 3. The van der Waals surface area contributed by atoms with Gasteiger partial charge in [-0.2, -0.15) is 5.10 Å². The van der Waals surface area contributed by atoms with Crippen LogP contribution in [-0.4, -0.2) is 20.7 Å². The molecule has 0 aromatic carbocycles. The van der Waals surface area contributed by atoms with Gasteiger partial charge in [-0.3, -0.25) is 14.5 Å². The molecular formula is C13H16N4O. The lowest BCUT2D eigenvalue weighted by atomic mass is 10.1. The summed E-state index contributed by atoms with van der Waals surface area (Å²) < 4.78 is 1.82. The van der Waals surface area contributed by atoms with Crippen molar-refractivity contribution in [3.8, 4) is 0 Å². The van der Waals surface area contributed by atoms with Crippen LogP contribution in [0.15, 0.2) is 30.7 Å². The number of nitrogens with one attached hydrogen (secondary N) is 1. The number of carbonyl (C=O) groups excluding carboxylic acids is 1. The number of aryl methyl sites for hydroxylation is 2. The van der Waals surface area contributed by atoms with Crippen LogP contribution in [0.3, 0.4) is 0 Å². The van der Waals surface area contributed by atoms with Crippen LogP contribution in [0.5, 0.6) is 0 Å². The maximum atomic E-state index is 11.7. The lowest BCUT2D eigenvalue weighted by molar-refractivity contribution is -0.116. The fraction of sp³-hybridized carbons (Fsp3) is 0.308. The third-order valence-electron chi connectivity index (χ3n) is 2.92. The lowest BCUT2D eigenvalue weighted by Crippen LogP contribution is -2.12. The predicted molar refractivity (Wildman–Crippen MR) is 69.1 cm³/mol. The van der Waals surface area contributed by atoms with Crippen LogP contribution in [-0.2, 0) is 18.3 Å². The van der Waals surface area contributed by atoms with Crippen molar-refractivity contribution < 1.29 is 4.79 Å². The van der Waals surface area contributed by atoms with Crippen LogP contribution in [0.25, 0.3) is 0 Å². The van der Waals surface area contributed by atoms with Crippen LogP contribution < -0.4 is 5.32 Å². The highest BCUT2D eigenvalue weighted by Gasteiger charge is 2.07. The third-order valence-corrected chi connectivity index (χ3v) is 2.92. The van der Waals surface area contributed by atoms with Crippen molar-refractivity contribution >= 4 is 11.6 Å². The molecule has 5 heteroatoms. The summed E-state index contributed by atoms with van der Waals surface area (Å²) in [7, 11) is 1.90. The van der Waals surface area contributed by atoms with Gasteiger partial charge in [0.15, 0.2) is 0 Å². The minimum atomic E-state index is 0.00412. The van der Waals surface area contributed by atoms with E-state index in [2.05, 4.69) is 15.4 Å². The zero-order valence-electron chi connectivity index (χ0n) is 10.6. The number of amides is 1. The summed E-state index contributed by atoms with van der Waals surface area (Å²) in [5.74, 6) is 0.00412. The second-order valence-corrected chi connectivity index (χ2v) is 4.16. The Morgan fingerprint density at radius 1 is 1.39 bits per heavy atom. The average Bonchev–Trinajstić information content (AvgIpc) is 2.69. The minimum Gasteiger partial charge on any atom is -0.326 e. The van der Waals surface area contributed by atoms with E-state index in [0.717, 1.165) is 16.9 Å². The predicted octanol–water partition coefficient (Wildman–Crippen LogP) is 1.69. The normalized spacial score (nSPS) is 10.3. The molecule has 0 aliphatic heterocycles. The van der Waals surface area contributed by atoms with Gasteiger partial charge in [-0.25, -0.2) is 0 Å². The highest BCUT2D eigenvalue weighted by molar-refractivity contribution is 5.90. The molecule has 2 heterocycles. The highest BCUT2D eigenvalue weighted by atomic mass is 16.1. The van der Waals surface area contributed by atoms with Crippen molar-refractivity contribution in [2.24, 2.45) is 7.05 Å². The largest absolute Gasteiger partial charge is 0.326 e. The fourth-order valence-corrected chi connectivity index (χ4v) is 1.70. The lowest BCUT2D eigenvalue weighted by Gasteiger charge is -2.04. The molecule has 0 saturated carbocycles. The standard InChI is InChI=1S/C13H16N4O/c1-10-11(9-15-17(10)2)3-4-13(18)16-12-5-7-14-8-6-12/h5-9H,3-4H2,1-2H3,(H,14,16,18). The molecule has 0 saturated heterocycles. The Balaban J connectivity index is 1.87. The van der Waals surface area contributed by atoms with E-state index in [9.17, 15) is 4.79 Å². The molecule has 0 bridgehead atoms. The molecule has 1 N–H and O–H groups in total. The number of hydrogen-bond donors (Lipinski definition) is 1. The summed E-state index contributed by atoms with van der Waals surface area (Å²) >= 11 is 0. The minimum absolute atomic E-state index is 0.00412. The Morgan fingerprint density at radius 2 is 2.11 bits per heavy atom. The van der Waals surface area contributed by atoms with Gasteiger partial charge in [-0.15, -0.1) is 0 Å². The molecule has 0 radical (unpaired) electrons. The van der Waals surface area contributed by atoms with Gasteiger partial charge in [0.1, 0.15) is 0 Å². The third kappa shape index (κ3) is 2.94. The Kier molecular flexibility index (Phi) is 3.72. The van der Waals surface area contributed by atoms with E-state index in [4.69, 9.17) is 0 Å². The topological polar surface area (TPSA) is 59.8 Å². The molecule has 2 rings (SSSR count). The highest BCUT2D eigenvalue weighted by Crippen LogP contribution is 2.10. The molecule has 0 aliphatic carbocycles. The summed E-state index contributed by atoms with van der Waals surface area (Å²) in [5, 5.41) is 6.99. The summed E-state index contributed by atoms with van der Waals surface area (Å²) in [6.07, 6.45) is 6.28. The molecule has 0 unspecified atom stereocenters. The summed E-state index contributed by atoms with van der Waals surface area (Å²) in [5.41, 5.74) is 2.99. The first-order valence-corrected chi connectivity index (χ1v) is 5.84. The van der Waals surface area contributed by atoms with Gasteiger partial charge in [0.2, 0.25) is 5.91 Å². The molecule has 0 fully saturated rings. The molecule has 0 atom stereocenters. The molecule has 5 nitrogen and oxygen atoms in total. The van der Waals surface area contributed by atoms with Crippen LogP contribution in [0, 0.1) is 6.92 Å². The van der Waals surface area contributed by atoms with Crippen LogP contribution in [0.2, 0.25) is 0 Å². The van der Waals surface area contributed by atoms with E-state index in [0.29, 0.717) is 12.8 Å². The Morgan fingerprint density at radius 3 is 2.72 bits per heavy atom. The van der Waals surface area contributed by atoms with E-state index in [-0.39, 0.29) is 5.91 Å². The zero-order valence-corrected chi connectivity index (χ0v) is 10.6. The number of anilines is 1. The van der Waals surface area contributed by atoms with Gasteiger partial charge in [-0.05, 0) is 31.0 Å². The molecule has 1 amide bonds. The van der Waals surface area contributed by atoms with Crippen LogP contribution in [0.1, 0.15) is 17.7 Å². The van der Waals surface area contributed by atoms with Crippen molar-refractivity contribution in [2.75, 3.05) is 5.32 Å². The average molecular weight is 244 g/mol. The number of aromatic nitrogens is 3. The van der Waals surface area contributed by atoms with Gasteiger partial charge in [-0.1, -0.05) is 0 Å². The zero-order chi connectivity index (χ0) is 13.0. The van der Waals surface area contributed by atoms with E-state index in [1.165, 1.54) is 0 Å². The monoisotopic (exact) mass is 244 g/mol. The summed E-state index contributed by atoms with van der Waals surface area (Å²) in [6.45, 7) is 2.00. The second kappa shape index (κ2) is 5.44. The van der Waals surface area contributed by atoms with Gasteiger partial charge >= 0.3 is 0 Å². The van der Waals surface area contributed by atoms with Crippen molar-refractivity contribution in [1.29, 1.82) is 0 Å². The second-order valence-electron chi connectivity index (χ2n) is 4.16. The molecule has 2 aromatic heterocycles. The van der Waals surface area contributed by atoms with Crippen LogP contribution >= 0.6 is 0 Å². The molecule has 18 heavy (non-hydrogen) atoms. The van der Waals surface area contributed by atoms with Crippen molar-refractivity contribution in [2.45, 2.75) is 19.8 Å². The summed E-state index contributed by atoms with van der Waals surface area (Å²) in [6, 6.07) is 3.54. The Labute approximate surface area is 106 Å². The van der Waals surface area contributed by atoms with E-state index >= 15 is 0 Å². The smallest absolute Gasteiger partial charge is 0.224 e. The molecular weight excluding hydrogens is 228 g/mol. The first kappa shape index (κ1) is 12.3. The molecule has 0 spiro atoms. The van der Waals surface area contributed by atoms with E-state index < -0.39 is 0 Å². The number of rotatable bonds is 4. The Hall–Kier alpha value is -2.17. The van der Waals surface area contributed by atoms with Gasteiger partial charge in [0.25, 0.3) is 0 Å². The number of carbonyl (C=O) groups is 1. The van der Waals surface area contributed by atoms with Crippen molar-refractivity contribution in [3.05, 3.63) is 42.0 Å². The maximum absolute atomic E-state index is 11.7. The molecule has 0 aliphatic rings. The van der Waals surface area contributed by atoms with Crippen molar-refractivity contribution in [1.82, 2.24) is 14.8 Å². The summed E-state index contributed by atoms with van der Waals surface area (Å²) in [4.78, 5) is 15.6. The van der Waals surface area contributed by atoms with Crippen molar-refractivity contribution in [3.63, 3.8) is 0 Å². The fourth-order valence-electron chi connectivity index (χ4n) is 1.70. The first-order valence-electron chi connectivity index (χ1n) is 5.84. The van der Waals surface area contributed by atoms with Gasteiger partial charge in [0, 0.05) is 37.2 Å². The maximum Gasteiger partial charge on any atom is 0.224 e. The quantitative estimate of drug-likeness (QED) is 0.890. The first-order chi connectivity index (χ1) is 8.66.